The number of alkyl halides is 1. The summed E-state index contributed by atoms with van der Waals surface area (Å²) >= 11 is 0. The van der Waals surface area contributed by atoms with Gasteiger partial charge < -0.3 is 14.3 Å². The molecule has 4 aromatic rings. The van der Waals surface area contributed by atoms with Crippen molar-refractivity contribution in [2.24, 2.45) is 0 Å². The number of nitrogens with zero attached hydrogens (tertiary/aromatic N) is 2. The average Bonchev–Trinajstić information content (AvgIpc) is 3.43. The lowest BCUT2D eigenvalue weighted by Gasteiger charge is -2.06. The zero-order chi connectivity index (χ0) is 22.1. The summed E-state index contributed by atoms with van der Waals surface area (Å²) < 4.78 is 19.2. The van der Waals surface area contributed by atoms with Crippen LogP contribution in [0.2, 0.25) is 0 Å². The molecule has 1 unspecified atom stereocenters. The summed E-state index contributed by atoms with van der Waals surface area (Å²) in [6.07, 6.45) is 5.14. The second-order valence-electron chi connectivity index (χ2n) is 8.41. The van der Waals surface area contributed by atoms with Gasteiger partial charge in [0.25, 0.3) is 5.56 Å². The van der Waals surface area contributed by atoms with Crippen LogP contribution >= 0.6 is 0 Å². The summed E-state index contributed by atoms with van der Waals surface area (Å²) in [5.74, 6) is 2.23. The van der Waals surface area contributed by atoms with Gasteiger partial charge in [0.1, 0.15) is 11.6 Å². The molecule has 1 saturated carbocycles. The Morgan fingerprint density at radius 1 is 1.12 bits per heavy atom. The predicted molar refractivity (Wildman–Crippen MR) is 124 cm³/mol. The van der Waals surface area contributed by atoms with Crippen molar-refractivity contribution in [3.05, 3.63) is 82.5 Å². The zero-order valence-electron chi connectivity index (χ0n) is 18.1. The maximum absolute atomic E-state index is 12.2. The lowest BCUT2D eigenvalue weighted by molar-refractivity contribution is 0.0860. The molecule has 1 N–H and O–H groups in total. The molecule has 1 atom stereocenters. The van der Waals surface area contributed by atoms with Gasteiger partial charge in [-0.3, -0.25) is 4.79 Å². The van der Waals surface area contributed by atoms with Crippen molar-refractivity contribution in [3.8, 4) is 16.9 Å². The van der Waals surface area contributed by atoms with Gasteiger partial charge in [-0.2, -0.15) is 0 Å². The summed E-state index contributed by atoms with van der Waals surface area (Å²) in [5.41, 5.74) is 5.54. The van der Waals surface area contributed by atoms with Crippen molar-refractivity contribution in [3.63, 3.8) is 0 Å². The third-order valence-electron chi connectivity index (χ3n) is 5.93. The highest BCUT2D eigenvalue weighted by Gasteiger charge is 2.26. The number of halogens is 1. The van der Waals surface area contributed by atoms with Crippen LogP contribution in [0.1, 0.15) is 43.5 Å². The molecule has 0 radical (unpaired) electrons. The van der Waals surface area contributed by atoms with E-state index in [9.17, 15) is 9.18 Å². The van der Waals surface area contributed by atoms with Crippen molar-refractivity contribution < 1.29 is 9.13 Å². The van der Waals surface area contributed by atoms with Crippen LogP contribution < -0.4 is 10.3 Å². The Bertz CT molecular complexity index is 1290. The average molecular weight is 432 g/mol. The van der Waals surface area contributed by atoms with E-state index < -0.39 is 6.36 Å². The molecule has 2 aromatic carbocycles. The predicted octanol–water partition coefficient (Wildman–Crippen LogP) is 5.60. The number of ether oxygens (including phenoxy) is 1. The molecule has 6 rings (SSSR count). The Hall–Kier alpha value is -3.41. The van der Waals surface area contributed by atoms with Gasteiger partial charge in [0.2, 0.25) is 6.36 Å². The van der Waals surface area contributed by atoms with Gasteiger partial charge in [0.05, 0.1) is 11.0 Å². The number of nitrogens with one attached hydrogen (secondary N) is 1. The molecule has 6 heteroatoms. The third kappa shape index (κ3) is 4.31. The van der Waals surface area contributed by atoms with E-state index in [4.69, 9.17) is 9.72 Å². The normalized spacial score (nSPS) is 15.7. The van der Waals surface area contributed by atoms with E-state index in [0.29, 0.717) is 11.7 Å². The lowest BCUT2D eigenvalue weighted by Crippen LogP contribution is -2.10. The fourth-order valence-electron chi connectivity index (χ4n) is 4.24. The minimum atomic E-state index is -1.23. The van der Waals surface area contributed by atoms with Gasteiger partial charge >= 0.3 is 0 Å². The van der Waals surface area contributed by atoms with E-state index in [-0.39, 0.29) is 5.56 Å². The van der Waals surface area contributed by atoms with Crippen LogP contribution in [-0.4, -0.2) is 20.9 Å². The molecule has 32 heavy (non-hydrogen) atoms. The van der Waals surface area contributed by atoms with E-state index in [1.807, 2.05) is 12.3 Å². The first-order valence-electron chi connectivity index (χ1n) is 11.2. The Morgan fingerprint density at radius 2 is 1.94 bits per heavy atom. The highest BCUT2D eigenvalue weighted by Crippen LogP contribution is 2.39. The highest BCUT2D eigenvalue weighted by molar-refractivity contribution is 5.83. The molecule has 1 aliphatic heterocycles. The molecule has 0 spiro atoms. The largest absolute Gasteiger partial charge is 0.461 e. The second-order valence-corrected chi connectivity index (χ2v) is 8.41. The number of imidazole rings is 1. The van der Waals surface area contributed by atoms with Crippen LogP contribution in [0, 0.1) is 0 Å². The van der Waals surface area contributed by atoms with Crippen LogP contribution in [0.25, 0.3) is 22.2 Å². The first-order chi connectivity index (χ1) is 15.6. The van der Waals surface area contributed by atoms with E-state index in [1.54, 1.807) is 24.3 Å². The first kappa shape index (κ1) is 20.5. The molecule has 0 saturated heterocycles. The third-order valence-corrected chi connectivity index (χ3v) is 5.93. The summed E-state index contributed by atoms with van der Waals surface area (Å²) in [6.45, 7) is 2.42. The smallest absolute Gasteiger partial charge is 0.251 e. The number of para-hydroxylation sites is 1. The molecule has 3 heterocycles. The quantitative estimate of drug-likeness (QED) is 0.458. The molecule has 2 aliphatic rings. The number of pyridine rings is 1. The minimum absolute atomic E-state index is 0.0672. The Labute approximate surface area is 185 Å². The van der Waals surface area contributed by atoms with E-state index in [0.717, 1.165) is 48.0 Å². The van der Waals surface area contributed by atoms with Crippen molar-refractivity contribution in [1.82, 2.24) is 14.5 Å². The van der Waals surface area contributed by atoms with Crippen LogP contribution in [0.5, 0.6) is 5.75 Å². The molecular weight excluding hydrogens is 405 g/mol. The Morgan fingerprint density at radius 3 is 2.69 bits per heavy atom. The summed E-state index contributed by atoms with van der Waals surface area (Å²) in [4.78, 5) is 19.5. The van der Waals surface area contributed by atoms with Gasteiger partial charge in [-0.15, -0.1) is 0 Å². The second kappa shape index (κ2) is 8.61. The van der Waals surface area contributed by atoms with Gasteiger partial charge in [-0.25, -0.2) is 9.37 Å². The molecule has 2 aromatic heterocycles. The summed E-state index contributed by atoms with van der Waals surface area (Å²) in [7, 11) is 0. The first-order valence-corrected chi connectivity index (χ1v) is 11.2. The molecule has 0 bridgehead atoms. The van der Waals surface area contributed by atoms with E-state index in [1.165, 1.54) is 24.7 Å². The van der Waals surface area contributed by atoms with Crippen molar-refractivity contribution >= 4 is 11.0 Å². The van der Waals surface area contributed by atoms with Crippen LogP contribution in [-0.2, 0) is 13.0 Å². The number of rotatable bonds is 4. The number of fused-ring (bicyclic) bond motifs is 3. The molecule has 1 aliphatic carbocycles. The molecule has 5 nitrogen and oxygen atoms in total. The molecule has 164 valence electrons. The van der Waals surface area contributed by atoms with Crippen molar-refractivity contribution in [1.29, 1.82) is 0 Å². The monoisotopic (exact) mass is 431 g/mol. The number of aryl methyl sites for hydroxylation is 2. The molecule has 1 fully saturated rings. The summed E-state index contributed by atoms with van der Waals surface area (Å²) in [6, 6.07) is 17.4. The molecule has 0 amide bonds. The maximum Gasteiger partial charge on any atom is 0.251 e. The van der Waals surface area contributed by atoms with Crippen molar-refractivity contribution in [2.75, 3.05) is 0 Å². The Balaban J connectivity index is 0.000000183. The van der Waals surface area contributed by atoms with Crippen molar-refractivity contribution in [2.45, 2.75) is 51.4 Å². The standard InChI is InChI=1S/C18H17N3O.C8H9FO/c22-18-14(11-3-4-11)8-13(10-19-18)12-5-6-15-16(9-12)21-7-1-2-17(21)20-15;1-7(9)10-8-5-3-2-4-6-8/h5-6,8-11H,1-4,7H2,(H,19,22);2-7H,1H3. The maximum atomic E-state index is 12.2. The number of hydrogen-bond acceptors (Lipinski definition) is 3. The highest BCUT2D eigenvalue weighted by atomic mass is 19.1. The van der Waals surface area contributed by atoms with Gasteiger partial charge in [-0.05, 0) is 66.6 Å². The number of benzene rings is 2. The van der Waals surface area contributed by atoms with E-state index >= 15 is 0 Å². The van der Waals surface area contributed by atoms with Gasteiger partial charge in [0, 0.05) is 31.6 Å². The summed E-state index contributed by atoms with van der Waals surface area (Å²) in [5, 5.41) is 0. The fourth-order valence-corrected chi connectivity index (χ4v) is 4.24. The number of hydrogen-bond donors (Lipinski definition) is 1. The zero-order valence-corrected chi connectivity index (χ0v) is 18.1. The van der Waals surface area contributed by atoms with Crippen LogP contribution in [0.3, 0.4) is 0 Å². The van der Waals surface area contributed by atoms with Gasteiger partial charge in [-0.1, -0.05) is 24.3 Å². The van der Waals surface area contributed by atoms with Gasteiger partial charge in [0.15, 0.2) is 0 Å². The topological polar surface area (TPSA) is 59.9 Å². The van der Waals surface area contributed by atoms with Crippen LogP contribution in [0.15, 0.2) is 65.6 Å². The number of aromatic amines is 1. The van der Waals surface area contributed by atoms with E-state index in [2.05, 4.69) is 33.8 Å². The lowest BCUT2D eigenvalue weighted by atomic mass is 10.0. The minimum Gasteiger partial charge on any atom is -0.461 e. The number of aromatic nitrogens is 3. The van der Waals surface area contributed by atoms with Crippen LogP contribution in [0.4, 0.5) is 4.39 Å². The number of H-pyrrole nitrogens is 1. The Kier molecular flexibility index (Phi) is 5.52. The SMILES string of the molecule is CC(F)Oc1ccccc1.O=c1[nH]cc(-c2ccc3nc4n(c3c2)CCC4)cc1C1CC1. The molecular formula is C26H26FN3O2. The fraction of sp³-hybridized carbons (Fsp3) is 0.308.